The lowest BCUT2D eigenvalue weighted by atomic mass is 10.1. The van der Waals surface area contributed by atoms with Crippen molar-refractivity contribution in [2.45, 2.75) is 57.5 Å². The van der Waals surface area contributed by atoms with Crippen molar-refractivity contribution in [1.82, 2.24) is 4.31 Å². The lowest BCUT2D eigenvalue weighted by molar-refractivity contribution is -0.122. The normalized spacial score (nSPS) is 17.0. The van der Waals surface area contributed by atoms with Gasteiger partial charge in [-0.2, -0.15) is 4.31 Å². The second-order valence-corrected chi connectivity index (χ2v) is 10.7. The first-order valence-corrected chi connectivity index (χ1v) is 12.1. The van der Waals surface area contributed by atoms with E-state index < -0.39 is 39.4 Å². The summed E-state index contributed by atoms with van der Waals surface area (Å²) >= 11 is 0. The monoisotopic (exact) mass is 472 g/mol. The third kappa shape index (κ3) is 4.84. The lowest BCUT2D eigenvalue weighted by Crippen LogP contribution is -2.54. The van der Waals surface area contributed by atoms with Gasteiger partial charge in [-0.3, -0.25) is 9.59 Å². The first-order valence-electron chi connectivity index (χ1n) is 10.6. The van der Waals surface area contributed by atoms with Crippen LogP contribution in [0.4, 0.5) is 5.69 Å². The highest BCUT2D eigenvalue weighted by Gasteiger charge is 2.50. The van der Waals surface area contributed by atoms with Gasteiger partial charge < -0.3 is 4.74 Å². The van der Waals surface area contributed by atoms with Crippen molar-refractivity contribution >= 4 is 33.5 Å². The van der Waals surface area contributed by atoms with Crippen LogP contribution < -0.4 is 4.90 Å². The van der Waals surface area contributed by atoms with Gasteiger partial charge >= 0.3 is 5.97 Å². The standard InChI is InChI=1S/C24H28N2O6S/c1-6-32-23(29)17-9-11-18(12-10-17)25-21(27)15-20(22(25)28)26(24(3,4)5)33(30,31)19-13-7-16(2)8-14-19/h7-14,20H,6,15H2,1-5H3. The van der Waals surface area contributed by atoms with Gasteiger partial charge in [-0.05, 0) is 71.0 Å². The van der Waals surface area contributed by atoms with Gasteiger partial charge in [-0.25, -0.2) is 18.1 Å². The molecule has 9 heteroatoms. The number of amides is 2. The Hall–Kier alpha value is -3.04. The van der Waals surface area contributed by atoms with Crippen LogP contribution in [0.2, 0.25) is 0 Å². The number of aryl methyl sites for hydroxylation is 1. The summed E-state index contributed by atoms with van der Waals surface area (Å²) in [6.45, 7) is 8.83. The molecule has 1 unspecified atom stereocenters. The van der Waals surface area contributed by atoms with Gasteiger partial charge in [0.05, 0.1) is 29.2 Å². The molecular weight excluding hydrogens is 444 g/mol. The number of carbonyl (C=O) groups is 3. The molecule has 1 saturated heterocycles. The molecule has 1 aliphatic heterocycles. The molecule has 1 atom stereocenters. The third-order valence-corrected chi connectivity index (χ3v) is 7.47. The molecule has 0 radical (unpaired) electrons. The molecule has 8 nitrogen and oxygen atoms in total. The molecule has 3 rings (SSSR count). The summed E-state index contributed by atoms with van der Waals surface area (Å²) in [7, 11) is -4.07. The zero-order chi connectivity index (χ0) is 24.6. The Bertz CT molecular complexity index is 1160. The molecular formula is C24H28N2O6S. The molecule has 0 spiro atoms. The van der Waals surface area contributed by atoms with Crippen molar-refractivity contribution < 1.29 is 27.5 Å². The van der Waals surface area contributed by atoms with E-state index in [-0.39, 0.29) is 29.2 Å². The van der Waals surface area contributed by atoms with Gasteiger partial charge in [-0.1, -0.05) is 17.7 Å². The Labute approximate surface area is 194 Å². The number of nitrogens with zero attached hydrogens (tertiary/aromatic N) is 2. The van der Waals surface area contributed by atoms with Gasteiger partial charge in [0.1, 0.15) is 6.04 Å². The number of sulfonamides is 1. The van der Waals surface area contributed by atoms with Crippen LogP contribution in [0.3, 0.4) is 0 Å². The number of benzene rings is 2. The summed E-state index contributed by atoms with van der Waals surface area (Å²) in [5.74, 6) is -1.65. The first-order chi connectivity index (χ1) is 15.4. The average Bonchev–Trinajstić information content (AvgIpc) is 3.01. The molecule has 0 bridgehead atoms. The molecule has 1 heterocycles. The van der Waals surface area contributed by atoms with Gasteiger partial charge in [0.2, 0.25) is 15.9 Å². The van der Waals surface area contributed by atoms with Crippen molar-refractivity contribution in [3.05, 3.63) is 59.7 Å². The molecule has 0 aromatic heterocycles. The number of carbonyl (C=O) groups excluding carboxylic acids is 3. The van der Waals surface area contributed by atoms with Crippen LogP contribution in [0, 0.1) is 6.92 Å². The van der Waals surface area contributed by atoms with Crippen LogP contribution in [0.5, 0.6) is 0 Å². The number of esters is 1. The lowest BCUT2D eigenvalue weighted by Gasteiger charge is -2.37. The maximum absolute atomic E-state index is 13.5. The number of ether oxygens (including phenoxy) is 1. The Morgan fingerprint density at radius 2 is 1.64 bits per heavy atom. The smallest absolute Gasteiger partial charge is 0.338 e. The largest absolute Gasteiger partial charge is 0.462 e. The van der Waals surface area contributed by atoms with Crippen molar-refractivity contribution in [3.8, 4) is 0 Å². The average molecular weight is 473 g/mol. The fraction of sp³-hybridized carbons (Fsp3) is 0.375. The van der Waals surface area contributed by atoms with E-state index in [1.165, 1.54) is 36.4 Å². The molecule has 2 aromatic rings. The van der Waals surface area contributed by atoms with Crippen LogP contribution in [0.25, 0.3) is 0 Å². The molecule has 2 amide bonds. The highest BCUT2D eigenvalue weighted by atomic mass is 32.2. The summed E-state index contributed by atoms with van der Waals surface area (Å²) in [5, 5.41) is 0. The number of hydrogen-bond donors (Lipinski definition) is 0. The predicted molar refractivity (Wildman–Crippen MR) is 123 cm³/mol. The second kappa shape index (κ2) is 9.07. The minimum Gasteiger partial charge on any atom is -0.462 e. The van der Waals surface area contributed by atoms with Crippen LogP contribution in [-0.2, 0) is 24.3 Å². The highest BCUT2D eigenvalue weighted by molar-refractivity contribution is 7.89. The Morgan fingerprint density at radius 1 is 1.06 bits per heavy atom. The Kier molecular flexibility index (Phi) is 6.76. The number of imide groups is 1. The van der Waals surface area contributed by atoms with Crippen LogP contribution in [0.15, 0.2) is 53.4 Å². The molecule has 0 aliphatic carbocycles. The summed E-state index contributed by atoms with van der Waals surface area (Å²) in [4.78, 5) is 39.1. The molecule has 0 N–H and O–H groups in total. The van der Waals surface area contributed by atoms with Crippen molar-refractivity contribution in [2.24, 2.45) is 0 Å². The Balaban J connectivity index is 1.97. The fourth-order valence-corrected chi connectivity index (χ4v) is 5.78. The van der Waals surface area contributed by atoms with E-state index in [0.717, 1.165) is 14.8 Å². The predicted octanol–water partition coefficient (Wildman–Crippen LogP) is 3.29. The van der Waals surface area contributed by atoms with Gasteiger partial charge in [-0.15, -0.1) is 0 Å². The molecule has 2 aromatic carbocycles. The van der Waals surface area contributed by atoms with Gasteiger partial charge in [0, 0.05) is 5.54 Å². The maximum Gasteiger partial charge on any atom is 0.338 e. The zero-order valence-corrected chi connectivity index (χ0v) is 20.2. The minimum absolute atomic E-state index is 0.0560. The van der Waals surface area contributed by atoms with E-state index in [4.69, 9.17) is 4.74 Å². The SMILES string of the molecule is CCOC(=O)c1ccc(N2C(=O)CC(N(C(C)(C)C)S(=O)(=O)c3ccc(C)cc3)C2=O)cc1. The van der Waals surface area contributed by atoms with Crippen LogP contribution in [-0.4, -0.2) is 48.7 Å². The summed E-state index contributed by atoms with van der Waals surface area (Å²) in [5.41, 5.74) is 0.492. The second-order valence-electron chi connectivity index (χ2n) is 8.84. The van der Waals surface area contributed by atoms with E-state index in [1.807, 2.05) is 6.92 Å². The molecule has 0 saturated carbocycles. The summed E-state index contributed by atoms with van der Waals surface area (Å²) < 4.78 is 33.2. The van der Waals surface area contributed by atoms with E-state index in [1.54, 1.807) is 39.8 Å². The first kappa shape index (κ1) is 24.6. The third-order valence-electron chi connectivity index (χ3n) is 5.28. The highest BCUT2D eigenvalue weighted by Crippen LogP contribution is 2.34. The Morgan fingerprint density at radius 3 is 2.15 bits per heavy atom. The van der Waals surface area contributed by atoms with Crippen molar-refractivity contribution in [1.29, 1.82) is 0 Å². The molecule has 176 valence electrons. The molecule has 1 aliphatic rings. The fourth-order valence-electron chi connectivity index (χ4n) is 3.85. The maximum atomic E-state index is 13.5. The van der Waals surface area contributed by atoms with Crippen molar-refractivity contribution in [3.63, 3.8) is 0 Å². The van der Waals surface area contributed by atoms with Crippen LogP contribution in [0.1, 0.15) is 50.0 Å². The number of hydrogen-bond acceptors (Lipinski definition) is 6. The minimum atomic E-state index is -4.07. The quantitative estimate of drug-likeness (QED) is 0.472. The van der Waals surface area contributed by atoms with Gasteiger partial charge in [0.15, 0.2) is 0 Å². The number of rotatable bonds is 6. The van der Waals surface area contributed by atoms with E-state index >= 15 is 0 Å². The molecule has 1 fully saturated rings. The van der Waals surface area contributed by atoms with Gasteiger partial charge in [0.25, 0.3) is 5.91 Å². The van der Waals surface area contributed by atoms with E-state index in [2.05, 4.69) is 0 Å². The summed E-state index contributed by atoms with van der Waals surface area (Å²) in [6, 6.07) is 11.1. The van der Waals surface area contributed by atoms with E-state index in [0.29, 0.717) is 0 Å². The number of anilines is 1. The topological polar surface area (TPSA) is 101 Å². The summed E-state index contributed by atoms with van der Waals surface area (Å²) in [6.07, 6.45) is -0.277. The zero-order valence-electron chi connectivity index (χ0n) is 19.4. The van der Waals surface area contributed by atoms with Crippen LogP contribution >= 0.6 is 0 Å². The van der Waals surface area contributed by atoms with Crippen molar-refractivity contribution in [2.75, 3.05) is 11.5 Å². The van der Waals surface area contributed by atoms with E-state index in [9.17, 15) is 22.8 Å². The molecule has 33 heavy (non-hydrogen) atoms.